The lowest BCUT2D eigenvalue weighted by Crippen LogP contribution is -2.45. The summed E-state index contributed by atoms with van der Waals surface area (Å²) >= 11 is 20.8. The predicted octanol–water partition coefficient (Wildman–Crippen LogP) is 8.29. The molecule has 0 amide bonds. The quantitative estimate of drug-likeness (QED) is 0.103. The number of hydrogen-bond donors (Lipinski definition) is 1. The van der Waals surface area contributed by atoms with Crippen molar-refractivity contribution in [2.75, 3.05) is 173 Å². The highest BCUT2D eigenvalue weighted by molar-refractivity contribution is 6.39. The van der Waals surface area contributed by atoms with Gasteiger partial charge in [-0.2, -0.15) is 15.3 Å². The molecule has 6 aromatic heterocycles. The van der Waals surface area contributed by atoms with Crippen LogP contribution in [0.1, 0.15) is 32.1 Å². The summed E-state index contributed by atoms with van der Waals surface area (Å²) in [5.74, 6) is 2.47. The van der Waals surface area contributed by atoms with Gasteiger partial charge in [-0.1, -0.05) is 126 Å². The average Bonchev–Trinajstić information content (AvgIpc) is 1.66. The minimum atomic E-state index is -0.840. The number of β-amino-alcohol motifs (C(OH)–C–C–N with tert-alkyl or cyclic N) is 1. The van der Waals surface area contributed by atoms with Gasteiger partial charge in [-0.05, 0) is 53.2 Å². The maximum absolute atomic E-state index is 14.0. The Morgan fingerprint density at radius 1 is 0.387 bits per heavy atom. The third-order valence-electron chi connectivity index (χ3n) is 19.1. The molecule has 0 radical (unpaired) electrons. The van der Waals surface area contributed by atoms with Crippen LogP contribution in [-0.2, 0) is 19.6 Å². The number of rotatable bonds is 15. The minimum absolute atomic E-state index is 0.337. The first kappa shape index (κ1) is 64.9. The number of fused-ring (bicyclic) bond motifs is 3. The number of nitrogens with zero attached hydrogens (tertiary/aromatic N) is 21. The second-order valence-electron chi connectivity index (χ2n) is 25.6. The van der Waals surface area contributed by atoms with Gasteiger partial charge in [0.25, 0.3) is 0 Å². The van der Waals surface area contributed by atoms with Crippen molar-refractivity contribution in [1.82, 2.24) is 89.3 Å². The largest absolute Gasteiger partial charge is 0.391 e. The summed E-state index contributed by atoms with van der Waals surface area (Å²) in [5.41, 5.74) is 7.00. The van der Waals surface area contributed by atoms with Crippen molar-refractivity contribution in [2.45, 2.75) is 64.0 Å². The van der Waals surface area contributed by atoms with Crippen molar-refractivity contribution in [1.29, 1.82) is 0 Å². The topological polar surface area (TPSA) is 180 Å². The summed E-state index contributed by atoms with van der Waals surface area (Å²) in [7, 11) is 6.50. The summed E-state index contributed by atoms with van der Waals surface area (Å²) in [6.45, 7) is 22.2. The Morgan fingerprint density at radius 3 is 1.04 bits per heavy atom. The molecule has 22 nitrogen and oxygen atoms in total. The zero-order chi connectivity index (χ0) is 64.0. The molecule has 6 saturated heterocycles. The van der Waals surface area contributed by atoms with E-state index in [9.17, 15) is 9.50 Å². The maximum Gasteiger partial charge on any atom is 0.184 e. The first-order valence-corrected chi connectivity index (χ1v) is 34.3. The van der Waals surface area contributed by atoms with Crippen LogP contribution in [0.2, 0.25) is 15.1 Å². The molecule has 1 N–H and O–H groups in total. The summed E-state index contributed by atoms with van der Waals surface area (Å²) in [6.07, 6.45) is 3.73. The molecule has 3 aromatic carbocycles. The fraction of sp³-hybridized carbons (Fsp3) is 0.507. The highest BCUT2D eigenvalue weighted by atomic mass is 35.5. The fourth-order valence-corrected chi connectivity index (χ4v) is 14.3. The van der Waals surface area contributed by atoms with Gasteiger partial charge in [0, 0.05) is 148 Å². The molecule has 6 fully saturated rings. The Balaban J connectivity index is 0.000000127. The molecule has 492 valence electrons. The molecule has 12 heterocycles. The van der Waals surface area contributed by atoms with Crippen LogP contribution in [0.4, 0.5) is 21.8 Å². The second kappa shape index (κ2) is 29.9. The Bertz CT molecular complexity index is 3540. The average molecular weight is 1330 g/mol. The molecule has 26 heteroatoms. The van der Waals surface area contributed by atoms with Crippen molar-refractivity contribution in [3.8, 4) is 33.8 Å². The van der Waals surface area contributed by atoms with Crippen molar-refractivity contribution in [3.63, 3.8) is 0 Å². The number of aromatic nitrogens is 12. The van der Waals surface area contributed by atoms with Gasteiger partial charge in [0.1, 0.15) is 23.3 Å². The SMILES string of the molecule is CN1CCN(CCn2nc(N3CCCCC3)c3c(Cl)c(-c4ccccc4)nnc32)CC1.CN1CCN(CCn2nc(N3CC[C@@H](F)C3)c3c(Cl)c(-c4ccccc4)nnc32)CC1.CN1CCN(CCn2nc(N3CC[C@@H](O)C3)c3c(Cl)c(-c4ccccc4)nnc32)CC1. The van der Waals surface area contributed by atoms with E-state index in [1.165, 1.54) is 19.3 Å². The molecular weight excluding hydrogens is 1240 g/mol. The lowest BCUT2D eigenvalue weighted by Gasteiger charge is -2.32. The van der Waals surface area contributed by atoms with E-state index < -0.39 is 6.17 Å². The van der Waals surface area contributed by atoms with Gasteiger partial charge in [-0.25, -0.2) is 18.4 Å². The second-order valence-corrected chi connectivity index (χ2v) is 26.8. The fourth-order valence-electron chi connectivity index (χ4n) is 13.3. The number of halogens is 4. The molecule has 0 unspecified atom stereocenters. The minimum Gasteiger partial charge on any atom is -0.391 e. The Labute approximate surface area is 558 Å². The van der Waals surface area contributed by atoms with Crippen molar-refractivity contribution in [3.05, 3.63) is 106 Å². The van der Waals surface area contributed by atoms with Crippen LogP contribution >= 0.6 is 34.8 Å². The van der Waals surface area contributed by atoms with Crippen LogP contribution in [0.15, 0.2) is 91.0 Å². The maximum atomic E-state index is 14.0. The van der Waals surface area contributed by atoms with Crippen molar-refractivity contribution >= 4 is 85.4 Å². The van der Waals surface area contributed by atoms with Gasteiger partial charge >= 0.3 is 0 Å². The number of piperazine rings is 3. The Kier molecular flexibility index (Phi) is 20.9. The number of benzene rings is 3. The van der Waals surface area contributed by atoms with Crippen LogP contribution in [0.3, 0.4) is 0 Å². The molecule has 15 rings (SSSR count). The van der Waals surface area contributed by atoms with E-state index in [0.29, 0.717) is 76.2 Å². The van der Waals surface area contributed by atoms with Gasteiger partial charge < -0.3 is 34.5 Å². The Hall–Kier alpha value is -6.77. The normalized spacial score (nSPS) is 20.1. The third kappa shape index (κ3) is 14.9. The van der Waals surface area contributed by atoms with E-state index in [2.05, 4.69) is 90.9 Å². The summed E-state index contributed by atoms with van der Waals surface area (Å²) in [6, 6.07) is 29.7. The molecule has 9 aromatic rings. The van der Waals surface area contributed by atoms with Gasteiger partial charge in [-0.15, -0.1) is 30.6 Å². The number of aliphatic hydroxyl groups is 1. The summed E-state index contributed by atoms with van der Waals surface area (Å²) < 4.78 is 19.8. The zero-order valence-electron chi connectivity index (χ0n) is 53.7. The third-order valence-corrected chi connectivity index (χ3v) is 20.2. The molecular formula is C67H85Cl3FN21O. The summed E-state index contributed by atoms with van der Waals surface area (Å²) in [4.78, 5) is 21.0. The zero-order valence-corrected chi connectivity index (χ0v) is 55.9. The number of piperidine rings is 1. The van der Waals surface area contributed by atoms with E-state index in [4.69, 9.17) is 50.1 Å². The molecule has 0 bridgehead atoms. The van der Waals surface area contributed by atoms with E-state index in [1.54, 1.807) is 0 Å². The monoisotopic (exact) mass is 1320 g/mol. The molecule has 6 aliphatic rings. The van der Waals surface area contributed by atoms with E-state index in [-0.39, 0.29) is 6.10 Å². The smallest absolute Gasteiger partial charge is 0.184 e. The van der Waals surface area contributed by atoms with Crippen LogP contribution < -0.4 is 14.7 Å². The number of hydrogen-bond acceptors (Lipinski definition) is 19. The number of likely N-dealkylation sites (N-methyl/N-ethyl adjacent to an activating group) is 3. The number of aliphatic hydroxyl groups excluding tert-OH is 1. The highest BCUT2D eigenvalue weighted by Crippen LogP contribution is 2.41. The first-order valence-electron chi connectivity index (χ1n) is 33.1. The predicted molar refractivity (Wildman–Crippen MR) is 370 cm³/mol. The van der Waals surface area contributed by atoms with Crippen molar-refractivity contribution in [2.24, 2.45) is 0 Å². The number of alkyl halides is 1. The lowest BCUT2D eigenvalue weighted by atomic mass is 10.1. The lowest BCUT2D eigenvalue weighted by molar-refractivity contribution is 0.149. The van der Waals surface area contributed by atoms with Gasteiger partial charge in [0.15, 0.2) is 34.4 Å². The van der Waals surface area contributed by atoms with E-state index in [0.717, 1.165) is 193 Å². The number of anilines is 3. The first-order chi connectivity index (χ1) is 45.4. The highest BCUT2D eigenvalue weighted by Gasteiger charge is 2.32. The van der Waals surface area contributed by atoms with Gasteiger partial charge in [-0.3, -0.25) is 14.7 Å². The van der Waals surface area contributed by atoms with Crippen LogP contribution in [-0.4, -0.2) is 265 Å². The van der Waals surface area contributed by atoms with E-state index in [1.807, 2.05) is 110 Å². The molecule has 6 aliphatic heterocycles. The molecule has 2 atom stereocenters. The van der Waals surface area contributed by atoms with Crippen LogP contribution in [0.5, 0.6) is 0 Å². The van der Waals surface area contributed by atoms with Crippen LogP contribution in [0.25, 0.3) is 66.9 Å². The van der Waals surface area contributed by atoms with Gasteiger partial charge in [0.05, 0.1) is 63.5 Å². The van der Waals surface area contributed by atoms with E-state index >= 15 is 0 Å². The molecule has 0 saturated carbocycles. The van der Waals surface area contributed by atoms with Crippen molar-refractivity contribution < 1.29 is 9.50 Å². The standard InChI is InChI=1S/C23H30ClN7.C22H27ClFN7.C22H28ClN7O/c1-28-12-14-29(15-13-28)16-17-31-22-19(23(27-31)30-10-6-3-7-11-30)20(24)21(25-26-22)18-8-4-2-5-9-18;1-28-9-11-29(12-10-28)13-14-31-21-18(22(27-31)30-8-7-17(24)15-30)19(23)20(25-26-21)16-5-3-2-4-6-16;1-27-9-11-28(12-10-27)13-14-30-21-18(22(26-30)29-8-7-17(31)15-29)19(23)20(24-25-21)16-5-3-2-4-6-16/h2,4-5,8-9H,3,6-7,10-17H2,1H3;2-6,17H,7-15H2,1H3;2-6,17,31H,7-15H2,1H3/t;2*17-/m.11/s1. The molecule has 0 aliphatic carbocycles. The Morgan fingerprint density at radius 2 is 0.720 bits per heavy atom. The van der Waals surface area contributed by atoms with Gasteiger partial charge in [0.2, 0.25) is 0 Å². The summed E-state index contributed by atoms with van der Waals surface area (Å²) in [5, 5.41) is 56.3. The molecule has 93 heavy (non-hydrogen) atoms. The van der Waals surface area contributed by atoms with Crippen LogP contribution in [0, 0.1) is 0 Å². The molecule has 0 spiro atoms.